The lowest BCUT2D eigenvalue weighted by atomic mass is 10.0. The van der Waals surface area contributed by atoms with Crippen molar-refractivity contribution in [1.82, 2.24) is 4.98 Å². The molecule has 0 bridgehead atoms. The molecule has 0 aliphatic carbocycles. The van der Waals surface area contributed by atoms with Gasteiger partial charge < -0.3 is 0 Å². The first-order valence-electron chi connectivity index (χ1n) is 5.21. The Labute approximate surface area is 115 Å². The minimum atomic E-state index is -4.51. The Balaban J connectivity index is 2.50. The van der Waals surface area contributed by atoms with Crippen molar-refractivity contribution in [3.8, 4) is 0 Å². The first-order valence-corrected chi connectivity index (χ1v) is 6.01. The number of ketones is 1. The molecule has 1 aromatic heterocycles. The normalized spacial score (nSPS) is 11.4. The number of alkyl halides is 3. The fourth-order valence-electron chi connectivity index (χ4n) is 1.58. The van der Waals surface area contributed by atoms with Crippen molar-refractivity contribution in [2.24, 2.45) is 0 Å². The van der Waals surface area contributed by atoms with Gasteiger partial charge in [0.25, 0.3) is 0 Å². The number of rotatable bonds is 2. The summed E-state index contributed by atoms with van der Waals surface area (Å²) >= 11 is 2.85. The van der Waals surface area contributed by atoms with Crippen LogP contribution in [-0.2, 0) is 6.18 Å². The van der Waals surface area contributed by atoms with Crippen LogP contribution in [0.25, 0.3) is 0 Å². The summed E-state index contributed by atoms with van der Waals surface area (Å²) in [6.07, 6.45) is -1.71. The average Bonchev–Trinajstić information content (AvgIpc) is 2.38. The lowest BCUT2D eigenvalue weighted by molar-refractivity contribution is -0.138. The van der Waals surface area contributed by atoms with Crippen LogP contribution in [0.4, 0.5) is 13.2 Å². The van der Waals surface area contributed by atoms with E-state index < -0.39 is 17.5 Å². The topological polar surface area (TPSA) is 30.0 Å². The SMILES string of the molecule is O=C(c1cccnc1)c1cccc(C(F)(F)F)c1Br. The maximum Gasteiger partial charge on any atom is 0.417 e. The second-order valence-corrected chi connectivity index (χ2v) is 4.53. The Hall–Kier alpha value is -1.69. The van der Waals surface area contributed by atoms with Crippen LogP contribution >= 0.6 is 15.9 Å². The third kappa shape index (κ3) is 2.84. The Morgan fingerprint density at radius 2 is 1.89 bits per heavy atom. The van der Waals surface area contributed by atoms with E-state index in [2.05, 4.69) is 20.9 Å². The number of hydrogen-bond acceptors (Lipinski definition) is 2. The second kappa shape index (κ2) is 5.13. The van der Waals surface area contributed by atoms with Crippen molar-refractivity contribution in [1.29, 1.82) is 0 Å². The molecule has 0 radical (unpaired) electrons. The van der Waals surface area contributed by atoms with E-state index in [1.54, 1.807) is 6.07 Å². The zero-order valence-electron chi connectivity index (χ0n) is 9.41. The van der Waals surface area contributed by atoms with E-state index in [1.165, 1.54) is 30.6 Å². The van der Waals surface area contributed by atoms with Crippen LogP contribution in [0.5, 0.6) is 0 Å². The number of nitrogens with zero attached hydrogens (tertiary/aromatic N) is 1. The smallest absolute Gasteiger partial charge is 0.289 e. The first kappa shape index (κ1) is 13.7. The molecule has 0 unspecified atom stereocenters. The number of pyridine rings is 1. The highest BCUT2D eigenvalue weighted by molar-refractivity contribution is 9.10. The van der Waals surface area contributed by atoms with Crippen LogP contribution in [0.15, 0.2) is 47.2 Å². The van der Waals surface area contributed by atoms with Crippen molar-refractivity contribution >= 4 is 21.7 Å². The maximum atomic E-state index is 12.7. The molecule has 0 N–H and O–H groups in total. The summed E-state index contributed by atoms with van der Waals surface area (Å²) < 4.78 is 38.0. The molecule has 98 valence electrons. The van der Waals surface area contributed by atoms with Gasteiger partial charge in [-0.1, -0.05) is 6.07 Å². The Morgan fingerprint density at radius 1 is 1.16 bits per heavy atom. The van der Waals surface area contributed by atoms with Gasteiger partial charge in [-0.3, -0.25) is 9.78 Å². The predicted octanol–water partition coefficient (Wildman–Crippen LogP) is 4.09. The Bertz CT molecular complexity index is 611. The quantitative estimate of drug-likeness (QED) is 0.776. The zero-order chi connectivity index (χ0) is 14.0. The molecule has 0 amide bonds. The summed E-state index contributed by atoms with van der Waals surface area (Å²) in [5.74, 6) is -0.508. The molecule has 0 aliphatic rings. The van der Waals surface area contributed by atoms with Gasteiger partial charge in [-0.15, -0.1) is 0 Å². The molecule has 1 aromatic carbocycles. The summed E-state index contributed by atoms with van der Waals surface area (Å²) in [5.41, 5.74) is -0.674. The van der Waals surface area contributed by atoms with Crippen LogP contribution in [0, 0.1) is 0 Å². The van der Waals surface area contributed by atoms with Crippen molar-refractivity contribution in [2.75, 3.05) is 0 Å². The summed E-state index contributed by atoms with van der Waals surface area (Å²) in [6.45, 7) is 0. The van der Waals surface area contributed by atoms with E-state index in [-0.39, 0.29) is 15.6 Å². The highest BCUT2D eigenvalue weighted by atomic mass is 79.9. The van der Waals surface area contributed by atoms with Crippen LogP contribution in [0.1, 0.15) is 21.5 Å². The van der Waals surface area contributed by atoms with Crippen molar-refractivity contribution in [3.63, 3.8) is 0 Å². The predicted molar refractivity (Wildman–Crippen MR) is 66.8 cm³/mol. The van der Waals surface area contributed by atoms with Gasteiger partial charge in [-0.05, 0) is 40.2 Å². The van der Waals surface area contributed by atoms with Crippen LogP contribution in [-0.4, -0.2) is 10.8 Å². The van der Waals surface area contributed by atoms with Gasteiger partial charge in [0.2, 0.25) is 0 Å². The molecular weight excluding hydrogens is 323 g/mol. The Kier molecular flexibility index (Phi) is 3.71. The summed E-state index contributed by atoms with van der Waals surface area (Å²) in [5, 5.41) is 0. The minimum Gasteiger partial charge on any atom is -0.289 e. The van der Waals surface area contributed by atoms with E-state index >= 15 is 0 Å². The van der Waals surface area contributed by atoms with Gasteiger partial charge in [0.05, 0.1) is 5.56 Å². The number of halogens is 4. The van der Waals surface area contributed by atoms with E-state index in [9.17, 15) is 18.0 Å². The van der Waals surface area contributed by atoms with Gasteiger partial charge in [0.15, 0.2) is 5.78 Å². The molecule has 0 aliphatic heterocycles. The van der Waals surface area contributed by atoms with Gasteiger partial charge in [0.1, 0.15) is 0 Å². The molecule has 19 heavy (non-hydrogen) atoms. The van der Waals surface area contributed by atoms with E-state index in [0.717, 1.165) is 6.07 Å². The number of hydrogen-bond donors (Lipinski definition) is 0. The number of benzene rings is 1. The fourth-order valence-corrected chi connectivity index (χ4v) is 2.25. The van der Waals surface area contributed by atoms with Gasteiger partial charge >= 0.3 is 6.18 Å². The number of carbonyl (C=O) groups excluding carboxylic acids is 1. The fraction of sp³-hybridized carbons (Fsp3) is 0.0769. The van der Waals surface area contributed by atoms with Crippen LogP contribution in [0.2, 0.25) is 0 Å². The second-order valence-electron chi connectivity index (χ2n) is 3.74. The van der Waals surface area contributed by atoms with Crippen molar-refractivity contribution in [2.45, 2.75) is 6.18 Å². The van der Waals surface area contributed by atoms with Gasteiger partial charge in [-0.2, -0.15) is 13.2 Å². The van der Waals surface area contributed by atoms with E-state index in [0.29, 0.717) is 0 Å². The van der Waals surface area contributed by atoms with Gasteiger partial charge in [-0.25, -0.2) is 0 Å². The molecule has 1 heterocycles. The molecule has 2 aromatic rings. The monoisotopic (exact) mass is 329 g/mol. The minimum absolute atomic E-state index is 0.0391. The molecule has 0 spiro atoms. The molecule has 0 atom stereocenters. The molecule has 2 rings (SSSR count). The average molecular weight is 330 g/mol. The lowest BCUT2D eigenvalue weighted by Crippen LogP contribution is -2.10. The molecular formula is C13H7BrF3NO. The first-order chi connectivity index (χ1) is 8.91. The summed E-state index contributed by atoms with van der Waals surface area (Å²) in [7, 11) is 0. The van der Waals surface area contributed by atoms with Crippen molar-refractivity contribution in [3.05, 3.63) is 63.9 Å². The Morgan fingerprint density at radius 3 is 2.47 bits per heavy atom. The molecule has 0 saturated heterocycles. The third-order valence-corrected chi connectivity index (χ3v) is 3.33. The number of carbonyl (C=O) groups is 1. The van der Waals surface area contributed by atoms with Crippen LogP contribution in [0.3, 0.4) is 0 Å². The molecule has 6 heteroatoms. The number of aromatic nitrogens is 1. The maximum absolute atomic E-state index is 12.7. The highest BCUT2D eigenvalue weighted by Gasteiger charge is 2.34. The zero-order valence-corrected chi connectivity index (χ0v) is 11.0. The van der Waals surface area contributed by atoms with E-state index in [4.69, 9.17) is 0 Å². The molecule has 2 nitrogen and oxygen atoms in total. The third-order valence-electron chi connectivity index (χ3n) is 2.47. The van der Waals surface area contributed by atoms with Crippen LogP contribution < -0.4 is 0 Å². The summed E-state index contributed by atoms with van der Waals surface area (Å²) in [6, 6.07) is 6.52. The molecule has 0 saturated carbocycles. The standard InChI is InChI=1S/C13H7BrF3NO/c14-11-9(4-1-5-10(11)13(15,16)17)12(19)8-3-2-6-18-7-8/h1-7H. The van der Waals surface area contributed by atoms with E-state index in [1.807, 2.05) is 0 Å². The highest BCUT2D eigenvalue weighted by Crippen LogP contribution is 2.36. The summed E-state index contributed by atoms with van der Waals surface area (Å²) in [4.78, 5) is 15.9. The van der Waals surface area contributed by atoms with Gasteiger partial charge in [0, 0.05) is 28.0 Å². The largest absolute Gasteiger partial charge is 0.417 e. The van der Waals surface area contributed by atoms with Crippen molar-refractivity contribution < 1.29 is 18.0 Å². The molecule has 0 fully saturated rings. The lowest BCUT2D eigenvalue weighted by Gasteiger charge is -2.11.